The highest BCUT2D eigenvalue weighted by molar-refractivity contribution is 6.03. The van der Waals surface area contributed by atoms with Crippen molar-refractivity contribution in [3.05, 3.63) is 60.0 Å². The second-order valence-corrected chi connectivity index (χ2v) is 7.26. The van der Waals surface area contributed by atoms with Crippen LogP contribution in [0.1, 0.15) is 28.9 Å². The normalized spacial score (nSPS) is 15.0. The smallest absolute Gasteiger partial charge is 0.275 e. The van der Waals surface area contributed by atoms with Crippen LogP contribution in [0.4, 0.5) is 11.4 Å². The third kappa shape index (κ3) is 3.69. The number of piperidine rings is 1. The Morgan fingerprint density at radius 3 is 2.54 bits per heavy atom. The van der Waals surface area contributed by atoms with Crippen LogP contribution in [-0.2, 0) is 4.79 Å². The molecule has 0 spiro atoms. The number of amides is 2. The Balaban J connectivity index is 1.41. The first-order valence-electron chi connectivity index (χ1n) is 9.40. The van der Waals surface area contributed by atoms with Crippen LogP contribution in [0.5, 0.6) is 0 Å². The summed E-state index contributed by atoms with van der Waals surface area (Å²) in [6, 6.07) is 11.6. The molecule has 1 fully saturated rings. The number of carbonyl (C=O) groups excluding carboxylic acids is 2. The van der Waals surface area contributed by atoms with Crippen LogP contribution in [0.25, 0.3) is 5.65 Å². The molecule has 0 radical (unpaired) electrons. The third-order valence-electron chi connectivity index (χ3n) is 5.24. The van der Waals surface area contributed by atoms with Gasteiger partial charge in [0.05, 0.1) is 0 Å². The number of primary amides is 1. The van der Waals surface area contributed by atoms with Crippen LogP contribution in [-0.4, -0.2) is 34.3 Å². The fourth-order valence-corrected chi connectivity index (χ4v) is 3.57. The van der Waals surface area contributed by atoms with E-state index in [9.17, 15) is 9.59 Å². The minimum absolute atomic E-state index is 0.0240. The van der Waals surface area contributed by atoms with Gasteiger partial charge in [0.25, 0.3) is 5.91 Å². The lowest BCUT2D eigenvalue weighted by Crippen LogP contribution is -2.38. The predicted octanol–water partition coefficient (Wildman–Crippen LogP) is 2.60. The second-order valence-electron chi connectivity index (χ2n) is 7.26. The van der Waals surface area contributed by atoms with Gasteiger partial charge in [0, 0.05) is 42.8 Å². The number of hydrogen-bond donors (Lipinski definition) is 2. The van der Waals surface area contributed by atoms with Crippen molar-refractivity contribution in [2.45, 2.75) is 19.8 Å². The number of hydrogen-bond acceptors (Lipinski definition) is 4. The van der Waals surface area contributed by atoms with Crippen molar-refractivity contribution in [1.29, 1.82) is 0 Å². The minimum atomic E-state index is -0.239. The molecule has 0 bridgehead atoms. The number of anilines is 2. The molecule has 0 unspecified atom stereocenters. The van der Waals surface area contributed by atoms with E-state index in [0.717, 1.165) is 42.8 Å². The predicted molar refractivity (Wildman–Crippen MR) is 108 cm³/mol. The summed E-state index contributed by atoms with van der Waals surface area (Å²) in [6.07, 6.45) is 5.17. The average Bonchev–Trinajstić information content (AvgIpc) is 3.12. The molecule has 2 amide bonds. The van der Waals surface area contributed by atoms with Crippen molar-refractivity contribution in [1.82, 2.24) is 9.38 Å². The summed E-state index contributed by atoms with van der Waals surface area (Å²) < 4.78 is 1.83. The highest BCUT2D eigenvalue weighted by Gasteiger charge is 2.23. The average molecular weight is 377 g/mol. The van der Waals surface area contributed by atoms with Crippen LogP contribution < -0.4 is 16.0 Å². The summed E-state index contributed by atoms with van der Waals surface area (Å²) in [5.41, 5.74) is 9.41. The lowest BCUT2D eigenvalue weighted by molar-refractivity contribution is -0.122. The maximum Gasteiger partial charge on any atom is 0.275 e. The van der Waals surface area contributed by atoms with Gasteiger partial charge in [0.15, 0.2) is 0 Å². The standard InChI is InChI=1S/C21H23N5O2/c1-14-6-9-26-13-18(24-19(26)12-14)21(28)23-16-2-4-17(5-3-16)25-10-7-15(8-11-25)20(22)27/h2-6,9,12-13,15H,7-8,10-11H2,1H3,(H2,22,27)(H,23,28). The van der Waals surface area contributed by atoms with E-state index in [0.29, 0.717) is 11.4 Å². The highest BCUT2D eigenvalue weighted by atomic mass is 16.2. The van der Waals surface area contributed by atoms with Crippen molar-refractivity contribution in [3.63, 3.8) is 0 Å². The molecule has 28 heavy (non-hydrogen) atoms. The Hall–Kier alpha value is -3.35. The zero-order valence-electron chi connectivity index (χ0n) is 15.8. The minimum Gasteiger partial charge on any atom is -0.371 e. The quantitative estimate of drug-likeness (QED) is 0.731. The van der Waals surface area contributed by atoms with Gasteiger partial charge < -0.3 is 20.4 Å². The van der Waals surface area contributed by atoms with Gasteiger partial charge in [-0.2, -0.15) is 0 Å². The number of nitrogens with one attached hydrogen (secondary N) is 1. The van der Waals surface area contributed by atoms with Crippen molar-refractivity contribution in [2.24, 2.45) is 11.7 Å². The van der Waals surface area contributed by atoms with Crippen LogP contribution in [0.15, 0.2) is 48.8 Å². The van der Waals surface area contributed by atoms with E-state index < -0.39 is 0 Å². The monoisotopic (exact) mass is 377 g/mol. The maximum absolute atomic E-state index is 12.5. The molecular formula is C21H23N5O2. The Kier molecular flexibility index (Phi) is 4.73. The first kappa shape index (κ1) is 18.0. The Bertz CT molecular complexity index is 1020. The molecule has 3 N–H and O–H groups in total. The van der Waals surface area contributed by atoms with Crippen molar-refractivity contribution in [3.8, 4) is 0 Å². The Labute approximate surface area is 163 Å². The van der Waals surface area contributed by atoms with Crippen LogP contribution in [0.2, 0.25) is 0 Å². The number of fused-ring (bicyclic) bond motifs is 1. The molecule has 7 nitrogen and oxygen atoms in total. The molecule has 1 aliphatic heterocycles. The van der Waals surface area contributed by atoms with Gasteiger partial charge in [0.1, 0.15) is 11.3 Å². The molecule has 4 rings (SSSR count). The first-order valence-corrected chi connectivity index (χ1v) is 9.40. The van der Waals surface area contributed by atoms with E-state index in [1.54, 1.807) is 6.20 Å². The number of imidazole rings is 1. The topological polar surface area (TPSA) is 92.7 Å². The first-order chi connectivity index (χ1) is 13.5. The summed E-state index contributed by atoms with van der Waals surface area (Å²) in [6.45, 7) is 3.60. The fraction of sp³-hybridized carbons (Fsp3) is 0.286. The molecule has 144 valence electrons. The highest BCUT2D eigenvalue weighted by Crippen LogP contribution is 2.24. The number of carbonyl (C=O) groups is 2. The number of nitrogens with two attached hydrogens (primary N) is 1. The van der Waals surface area contributed by atoms with E-state index in [4.69, 9.17) is 5.73 Å². The van der Waals surface area contributed by atoms with Gasteiger partial charge in [-0.05, 0) is 61.7 Å². The zero-order chi connectivity index (χ0) is 19.7. The molecule has 3 aromatic rings. The van der Waals surface area contributed by atoms with Crippen LogP contribution in [0.3, 0.4) is 0 Å². The molecule has 3 heterocycles. The fourth-order valence-electron chi connectivity index (χ4n) is 3.57. The Morgan fingerprint density at radius 2 is 1.86 bits per heavy atom. The molecule has 1 saturated heterocycles. The lowest BCUT2D eigenvalue weighted by Gasteiger charge is -2.32. The van der Waals surface area contributed by atoms with Gasteiger partial charge in [-0.15, -0.1) is 0 Å². The summed E-state index contributed by atoms with van der Waals surface area (Å²) >= 11 is 0. The van der Waals surface area contributed by atoms with Crippen molar-refractivity contribution < 1.29 is 9.59 Å². The molecule has 1 aliphatic rings. The number of benzene rings is 1. The lowest BCUT2D eigenvalue weighted by atomic mass is 9.96. The number of nitrogens with zero attached hydrogens (tertiary/aromatic N) is 3. The molecule has 1 aromatic carbocycles. The SMILES string of the molecule is Cc1ccn2cc(C(=O)Nc3ccc(N4CCC(C(N)=O)CC4)cc3)nc2c1. The molecular weight excluding hydrogens is 354 g/mol. The van der Waals surface area contributed by atoms with E-state index in [1.165, 1.54) is 0 Å². The zero-order valence-corrected chi connectivity index (χ0v) is 15.8. The van der Waals surface area contributed by atoms with Gasteiger partial charge >= 0.3 is 0 Å². The molecule has 7 heteroatoms. The summed E-state index contributed by atoms with van der Waals surface area (Å²) in [5, 5.41) is 2.89. The van der Waals surface area contributed by atoms with Gasteiger partial charge in [-0.3, -0.25) is 9.59 Å². The van der Waals surface area contributed by atoms with Crippen molar-refractivity contribution >= 4 is 28.8 Å². The molecule has 0 aliphatic carbocycles. The van der Waals surface area contributed by atoms with E-state index in [-0.39, 0.29) is 17.7 Å². The second kappa shape index (κ2) is 7.34. The number of aromatic nitrogens is 2. The van der Waals surface area contributed by atoms with Crippen LogP contribution >= 0.6 is 0 Å². The van der Waals surface area contributed by atoms with E-state index in [1.807, 2.05) is 53.9 Å². The number of aryl methyl sites for hydroxylation is 1. The van der Waals surface area contributed by atoms with Crippen LogP contribution in [0, 0.1) is 12.8 Å². The summed E-state index contributed by atoms with van der Waals surface area (Å²) in [5.74, 6) is -0.472. The van der Waals surface area contributed by atoms with Gasteiger partial charge in [-0.25, -0.2) is 4.98 Å². The molecule has 0 saturated carbocycles. The van der Waals surface area contributed by atoms with Gasteiger partial charge in [0.2, 0.25) is 5.91 Å². The van der Waals surface area contributed by atoms with E-state index >= 15 is 0 Å². The van der Waals surface area contributed by atoms with E-state index in [2.05, 4.69) is 15.2 Å². The molecule has 2 aromatic heterocycles. The summed E-state index contributed by atoms with van der Waals surface area (Å²) in [4.78, 5) is 30.4. The Morgan fingerprint density at radius 1 is 1.14 bits per heavy atom. The third-order valence-corrected chi connectivity index (χ3v) is 5.24. The van der Waals surface area contributed by atoms with Gasteiger partial charge in [-0.1, -0.05) is 0 Å². The number of pyridine rings is 1. The molecule has 0 atom stereocenters. The maximum atomic E-state index is 12.5. The van der Waals surface area contributed by atoms with Crippen molar-refractivity contribution in [2.75, 3.05) is 23.3 Å². The summed E-state index contributed by atoms with van der Waals surface area (Å²) in [7, 11) is 0. The number of rotatable bonds is 4. The largest absolute Gasteiger partial charge is 0.371 e.